The van der Waals surface area contributed by atoms with Crippen molar-refractivity contribution in [3.63, 3.8) is 0 Å². The van der Waals surface area contributed by atoms with E-state index in [2.05, 4.69) is 25.0 Å². The van der Waals surface area contributed by atoms with Crippen LogP contribution in [0.25, 0.3) is 5.57 Å². The van der Waals surface area contributed by atoms with Crippen molar-refractivity contribution in [2.75, 3.05) is 0 Å². The van der Waals surface area contributed by atoms with Crippen LogP contribution in [0.3, 0.4) is 0 Å². The zero-order valence-corrected chi connectivity index (χ0v) is 10.4. The van der Waals surface area contributed by atoms with Crippen molar-refractivity contribution in [1.29, 1.82) is 0 Å². The Hall–Kier alpha value is -0.470. The minimum Gasteiger partial charge on any atom is -0.261 e. The summed E-state index contributed by atoms with van der Waals surface area (Å²) in [7, 11) is 0. The van der Waals surface area contributed by atoms with Crippen LogP contribution in [0.1, 0.15) is 38.4 Å². The molecule has 0 radical (unpaired) electrons. The van der Waals surface area contributed by atoms with Gasteiger partial charge in [0.2, 0.25) is 0 Å². The fourth-order valence-electron chi connectivity index (χ4n) is 1.91. The Balaban J connectivity index is 2.42. The summed E-state index contributed by atoms with van der Waals surface area (Å²) in [6, 6.07) is 0.322. The Bertz CT molecular complexity index is 393. The van der Waals surface area contributed by atoms with E-state index in [4.69, 9.17) is 23.2 Å². The molecule has 0 aromatic carbocycles. The average molecular weight is 245 g/mol. The normalized spacial score (nSPS) is 21.1. The van der Waals surface area contributed by atoms with E-state index in [-0.39, 0.29) is 5.38 Å². The van der Waals surface area contributed by atoms with Gasteiger partial charge in [0.15, 0.2) is 0 Å². The van der Waals surface area contributed by atoms with Gasteiger partial charge in [0.05, 0.1) is 22.3 Å². The fourth-order valence-corrected chi connectivity index (χ4v) is 2.42. The highest BCUT2D eigenvalue weighted by Gasteiger charge is 2.21. The number of hydrogen-bond donors (Lipinski definition) is 0. The second-order valence-corrected chi connectivity index (χ2v) is 5.09. The third-order valence-electron chi connectivity index (χ3n) is 2.62. The van der Waals surface area contributed by atoms with Crippen molar-refractivity contribution in [2.24, 2.45) is 0 Å². The van der Waals surface area contributed by atoms with Crippen LogP contribution in [0.5, 0.6) is 0 Å². The Kier molecular flexibility index (Phi) is 3.08. The minimum atomic E-state index is 0.145. The molecule has 1 heterocycles. The van der Waals surface area contributed by atoms with Crippen LogP contribution < -0.4 is 0 Å². The van der Waals surface area contributed by atoms with Crippen molar-refractivity contribution in [3.05, 3.63) is 23.0 Å². The molecule has 2 rings (SSSR count). The summed E-state index contributed by atoms with van der Waals surface area (Å²) in [6.07, 6.45) is 5.78. The standard InChI is InChI=1S/C11H14Cl2N2/c1-7(2)15-11(10(13)6-14-15)8-3-4-9(12)5-8/h5-7,9H,3-4H2,1-2H3. The van der Waals surface area contributed by atoms with Crippen molar-refractivity contribution in [2.45, 2.75) is 38.1 Å². The molecule has 2 nitrogen and oxygen atoms in total. The quantitative estimate of drug-likeness (QED) is 0.722. The molecule has 0 saturated carbocycles. The Morgan fingerprint density at radius 1 is 1.53 bits per heavy atom. The molecule has 1 aliphatic carbocycles. The molecule has 1 aromatic rings. The number of alkyl halides is 1. The lowest BCUT2D eigenvalue weighted by Gasteiger charge is -2.11. The second-order valence-electron chi connectivity index (χ2n) is 4.13. The molecular formula is C11H14Cl2N2. The number of hydrogen-bond acceptors (Lipinski definition) is 1. The monoisotopic (exact) mass is 244 g/mol. The van der Waals surface area contributed by atoms with Crippen LogP contribution in [0.2, 0.25) is 5.02 Å². The van der Waals surface area contributed by atoms with Crippen molar-refractivity contribution in [3.8, 4) is 0 Å². The van der Waals surface area contributed by atoms with Crippen LogP contribution in [-0.4, -0.2) is 15.2 Å². The largest absolute Gasteiger partial charge is 0.261 e. The first-order valence-corrected chi connectivity index (χ1v) is 5.99. The van der Waals surface area contributed by atoms with Crippen LogP contribution >= 0.6 is 23.2 Å². The first-order valence-electron chi connectivity index (χ1n) is 5.17. The van der Waals surface area contributed by atoms with Gasteiger partial charge in [-0.3, -0.25) is 4.68 Å². The van der Waals surface area contributed by atoms with Gasteiger partial charge in [-0.2, -0.15) is 5.10 Å². The molecule has 1 atom stereocenters. The van der Waals surface area contributed by atoms with Gasteiger partial charge in [-0.1, -0.05) is 17.7 Å². The Morgan fingerprint density at radius 3 is 2.80 bits per heavy atom. The summed E-state index contributed by atoms with van der Waals surface area (Å²) in [6.45, 7) is 4.20. The average Bonchev–Trinajstić information content (AvgIpc) is 2.71. The van der Waals surface area contributed by atoms with Gasteiger partial charge >= 0.3 is 0 Å². The molecule has 0 amide bonds. The molecule has 0 aliphatic heterocycles. The van der Waals surface area contributed by atoms with E-state index < -0.39 is 0 Å². The molecule has 1 unspecified atom stereocenters. The smallest absolute Gasteiger partial charge is 0.0862 e. The molecule has 0 fully saturated rings. The summed E-state index contributed by atoms with van der Waals surface area (Å²) in [5, 5.41) is 5.15. The Morgan fingerprint density at radius 2 is 2.27 bits per heavy atom. The molecule has 0 N–H and O–H groups in total. The Labute approximate surface area is 99.9 Å². The maximum Gasteiger partial charge on any atom is 0.0862 e. The maximum absolute atomic E-state index is 6.15. The predicted octanol–water partition coefficient (Wildman–Crippen LogP) is 3.90. The number of nitrogens with zero attached hydrogens (tertiary/aromatic N) is 2. The molecule has 0 bridgehead atoms. The highest BCUT2D eigenvalue weighted by molar-refractivity contribution is 6.32. The van der Waals surface area contributed by atoms with Crippen LogP contribution in [0.4, 0.5) is 0 Å². The van der Waals surface area contributed by atoms with E-state index in [0.717, 1.165) is 23.6 Å². The highest BCUT2D eigenvalue weighted by Crippen LogP contribution is 2.35. The van der Waals surface area contributed by atoms with Crippen LogP contribution in [-0.2, 0) is 0 Å². The van der Waals surface area contributed by atoms with Gasteiger partial charge in [-0.05, 0) is 32.3 Å². The lowest BCUT2D eigenvalue weighted by Crippen LogP contribution is -2.06. The van der Waals surface area contributed by atoms with Gasteiger partial charge in [0.25, 0.3) is 0 Å². The number of halogens is 2. The zero-order chi connectivity index (χ0) is 11.0. The molecule has 4 heteroatoms. The van der Waals surface area contributed by atoms with E-state index >= 15 is 0 Å². The third-order valence-corrected chi connectivity index (χ3v) is 3.24. The number of aromatic nitrogens is 2. The van der Waals surface area contributed by atoms with Crippen molar-refractivity contribution >= 4 is 28.8 Å². The minimum absolute atomic E-state index is 0.145. The predicted molar refractivity (Wildman–Crippen MR) is 64.5 cm³/mol. The van der Waals surface area contributed by atoms with E-state index in [0.29, 0.717) is 6.04 Å². The molecule has 0 saturated heterocycles. The van der Waals surface area contributed by atoms with Gasteiger partial charge in [-0.25, -0.2) is 0 Å². The van der Waals surface area contributed by atoms with Crippen molar-refractivity contribution < 1.29 is 0 Å². The summed E-state index contributed by atoms with van der Waals surface area (Å²) < 4.78 is 1.96. The van der Waals surface area contributed by atoms with Gasteiger partial charge in [0.1, 0.15) is 0 Å². The van der Waals surface area contributed by atoms with Gasteiger partial charge < -0.3 is 0 Å². The number of rotatable bonds is 2. The summed E-state index contributed by atoms with van der Waals surface area (Å²) in [5.41, 5.74) is 2.26. The zero-order valence-electron chi connectivity index (χ0n) is 8.87. The molecule has 0 spiro atoms. The molecule has 1 aliphatic rings. The van der Waals surface area contributed by atoms with Gasteiger partial charge in [0, 0.05) is 6.04 Å². The first kappa shape index (κ1) is 11.0. The lowest BCUT2D eigenvalue weighted by molar-refractivity contribution is 0.526. The van der Waals surface area contributed by atoms with Crippen molar-refractivity contribution in [1.82, 2.24) is 9.78 Å². The van der Waals surface area contributed by atoms with Crippen LogP contribution in [0.15, 0.2) is 12.3 Å². The molecule has 82 valence electrons. The summed E-state index contributed by atoms with van der Waals surface area (Å²) in [5.74, 6) is 0. The fraction of sp³-hybridized carbons (Fsp3) is 0.545. The van der Waals surface area contributed by atoms with E-state index in [1.807, 2.05) is 4.68 Å². The molecular weight excluding hydrogens is 231 g/mol. The van der Waals surface area contributed by atoms with E-state index in [1.165, 1.54) is 5.57 Å². The third kappa shape index (κ3) is 2.06. The molecule has 15 heavy (non-hydrogen) atoms. The lowest BCUT2D eigenvalue weighted by atomic mass is 10.1. The second kappa shape index (κ2) is 4.18. The maximum atomic E-state index is 6.15. The number of allylic oxidation sites excluding steroid dienone is 2. The first-order chi connectivity index (χ1) is 7.09. The molecule has 1 aromatic heterocycles. The van der Waals surface area contributed by atoms with Gasteiger partial charge in [-0.15, -0.1) is 11.6 Å². The highest BCUT2D eigenvalue weighted by atomic mass is 35.5. The topological polar surface area (TPSA) is 17.8 Å². The summed E-state index contributed by atoms with van der Waals surface area (Å²) in [4.78, 5) is 0. The SMILES string of the molecule is CC(C)n1ncc(Cl)c1C1=CC(Cl)CC1. The van der Waals surface area contributed by atoms with E-state index in [9.17, 15) is 0 Å². The van der Waals surface area contributed by atoms with E-state index in [1.54, 1.807) is 6.20 Å². The van der Waals surface area contributed by atoms with Crippen LogP contribution in [0, 0.1) is 0 Å². The summed E-state index contributed by atoms with van der Waals surface area (Å²) >= 11 is 12.2.